The third kappa shape index (κ3) is 2.84. The topological polar surface area (TPSA) is 40.5 Å². The molecule has 0 aromatic heterocycles. The molecule has 1 aliphatic rings. The minimum atomic E-state index is -0.878. The summed E-state index contributed by atoms with van der Waals surface area (Å²) in [5.41, 5.74) is 0.298. The summed E-state index contributed by atoms with van der Waals surface area (Å²) in [6.45, 7) is 10.5. The Labute approximate surface area is 85.4 Å². The molecule has 1 saturated heterocycles. The number of hydrogen-bond acceptors (Lipinski definition) is 2. The van der Waals surface area contributed by atoms with Gasteiger partial charge in [-0.25, -0.2) is 4.79 Å². The molecule has 0 aliphatic carbocycles. The van der Waals surface area contributed by atoms with Gasteiger partial charge in [0.1, 0.15) is 0 Å². The first kappa shape index (κ1) is 11.2. The SMILES string of the molecule is C=C(CN1CCC(C)C(C)C1)C(=O)O. The first-order valence-corrected chi connectivity index (χ1v) is 5.14. The molecule has 0 aromatic carbocycles. The van der Waals surface area contributed by atoms with Crippen LogP contribution >= 0.6 is 0 Å². The molecule has 3 heteroatoms. The van der Waals surface area contributed by atoms with Crippen LogP contribution in [-0.2, 0) is 4.79 Å². The van der Waals surface area contributed by atoms with Crippen LogP contribution in [0.4, 0.5) is 0 Å². The van der Waals surface area contributed by atoms with Crippen LogP contribution in [0.3, 0.4) is 0 Å². The van der Waals surface area contributed by atoms with Crippen molar-refractivity contribution in [3.05, 3.63) is 12.2 Å². The summed E-state index contributed by atoms with van der Waals surface area (Å²) in [7, 11) is 0. The van der Waals surface area contributed by atoms with Crippen LogP contribution in [0.25, 0.3) is 0 Å². The van der Waals surface area contributed by atoms with Gasteiger partial charge in [-0.05, 0) is 24.8 Å². The Balaban J connectivity index is 2.40. The number of carboxylic acids is 1. The molecule has 0 aromatic rings. The molecule has 1 N–H and O–H groups in total. The summed E-state index contributed by atoms with van der Waals surface area (Å²) in [5.74, 6) is 0.533. The molecule has 1 heterocycles. The Kier molecular flexibility index (Phi) is 3.69. The van der Waals surface area contributed by atoms with Crippen molar-refractivity contribution >= 4 is 5.97 Å². The summed E-state index contributed by atoms with van der Waals surface area (Å²) in [4.78, 5) is 12.8. The zero-order valence-electron chi connectivity index (χ0n) is 8.99. The summed E-state index contributed by atoms with van der Waals surface area (Å²) in [6.07, 6.45) is 1.16. The molecule has 1 aliphatic heterocycles. The Morgan fingerprint density at radius 3 is 2.64 bits per heavy atom. The zero-order chi connectivity index (χ0) is 10.7. The van der Waals surface area contributed by atoms with E-state index < -0.39 is 5.97 Å². The molecule has 2 unspecified atom stereocenters. The van der Waals surface area contributed by atoms with Crippen LogP contribution in [0.2, 0.25) is 0 Å². The van der Waals surface area contributed by atoms with Crippen molar-refractivity contribution in [3.63, 3.8) is 0 Å². The highest BCUT2D eigenvalue weighted by Crippen LogP contribution is 2.22. The van der Waals surface area contributed by atoms with Gasteiger partial charge in [0.2, 0.25) is 0 Å². The predicted molar refractivity (Wildman–Crippen MR) is 56.2 cm³/mol. The van der Waals surface area contributed by atoms with E-state index in [9.17, 15) is 4.79 Å². The van der Waals surface area contributed by atoms with Gasteiger partial charge in [-0.1, -0.05) is 20.4 Å². The highest BCUT2D eigenvalue weighted by atomic mass is 16.4. The van der Waals surface area contributed by atoms with Crippen molar-refractivity contribution in [1.82, 2.24) is 4.90 Å². The minimum Gasteiger partial charge on any atom is -0.478 e. The number of rotatable bonds is 3. The fourth-order valence-corrected chi connectivity index (χ4v) is 1.83. The number of hydrogen-bond donors (Lipinski definition) is 1. The molecule has 80 valence electrons. The molecule has 1 rings (SSSR count). The maximum absolute atomic E-state index is 10.6. The van der Waals surface area contributed by atoms with Crippen molar-refractivity contribution in [2.45, 2.75) is 20.3 Å². The van der Waals surface area contributed by atoms with Gasteiger partial charge >= 0.3 is 5.97 Å². The van der Waals surface area contributed by atoms with E-state index in [4.69, 9.17) is 5.11 Å². The van der Waals surface area contributed by atoms with Crippen LogP contribution in [0.15, 0.2) is 12.2 Å². The Morgan fingerprint density at radius 1 is 1.50 bits per heavy atom. The monoisotopic (exact) mass is 197 g/mol. The van der Waals surface area contributed by atoms with Gasteiger partial charge < -0.3 is 5.11 Å². The van der Waals surface area contributed by atoms with Crippen molar-refractivity contribution in [1.29, 1.82) is 0 Å². The van der Waals surface area contributed by atoms with Crippen LogP contribution in [0.5, 0.6) is 0 Å². The van der Waals surface area contributed by atoms with Crippen molar-refractivity contribution in [3.8, 4) is 0 Å². The Bertz CT molecular complexity index is 237. The van der Waals surface area contributed by atoms with Crippen molar-refractivity contribution < 1.29 is 9.90 Å². The number of likely N-dealkylation sites (tertiary alicyclic amines) is 1. The maximum atomic E-state index is 10.6. The first-order valence-electron chi connectivity index (χ1n) is 5.14. The summed E-state index contributed by atoms with van der Waals surface area (Å²) in [5, 5.41) is 8.70. The molecular weight excluding hydrogens is 178 g/mol. The third-order valence-electron chi connectivity index (χ3n) is 3.14. The molecular formula is C11H19NO2. The molecule has 14 heavy (non-hydrogen) atoms. The Morgan fingerprint density at radius 2 is 2.14 bits per heavy atom. The van der Waals surface area contributed by atoms with Gasteiger partial charge in [0.05, 0.1) is 0 Å². The number of aliphatic carboxylic acids is 1. The van der Waals surface area contributed by atoms with E-state index in [0.29, 0.717) is 18.0 Å². The molecule has 0 spiro atoms. The fourth-order valence-electron chi connectivity index (χ4n) is 1.83. The lowest BCUT2D eigenvalue weighted by molar-refractivity contribution is -0.133. The summed E-state index contributed by atoms with van der Waals surface area (Å²) in [6, 6.07) is 0. The third-order valence-corrected chi connectivity index (χ3v) is 3.14. The van der Waals surface area contributed by atoms with E-state index in [1.165, 1.54) is 0 Å². The Hall–Kier alpha value is -0.830. The summed E-state index contributed by atoms with van der Waals surface area (Å²) >= 11 is 0. The number of nitrogens with zero attached hydrogens (tertiary/aromatic N) is 1. The number of piperidine rings is 1. The average Bonchev–Trinajstić information content (AvgIpc) is 2.11. The predicted octanol–water partition coefficient (Wildman–Crippen LogP) is 1.61. The number of carbonyl (C=O) groups is 1. The smallest absolute Gasteiger partial charge is 0.332 e. The van der Waals surface area contributed by atoms with Gasteiger partial charge in [-0.15, -0.1) is 0 Å². The second kappa shape index (κ2) is 4.60. The van der Waals surface area contributed by atoms with Gasteiger partial charge in [0.25, 0.3) is 0 Å². The van der Waals surface area contributed by atoms with E-state index in [1.807, 2.05) is 0 Å². The average molecular weight is 197 g/mol. The lowest BCUT2D eigenvalue weighted by Crippen LogP contribution is -2.39. The molecule has 3 nitrogen and oxygen atoms in total. The zero-order valence-corrected chi connectivity index (χ0v) is 8.99. The minimum absolute atomic E-state index is 0.298. The van der Waals surface area contributed by atoms with Gasteiger partial charge in [-0.2, -0.15) is 0 Å². The fraction of sp³-hybridized carbons (Fsp3) is 0.727. The van der Waals surface area contributed by atoms with E-state index in [-0.39, 0.29) is 0 Å². The second-order valence-corrected chi connectivity index (χ2v) is 4.39. The highest BCUT2D eigenvalue weighted by molar-refractivity contribution is 5.86. The highest BCUT2D eigenvalue weighted by Gasteiger charge is 2.23. The van der Waals surface area contributed by atoms with Crippen molar-refractivity contribution in [2.24, 2.45) is 11.8 Å². The standard InChI is InChI=1S/C11H19NO2/c1-8-4-5-12(6-9(8)2)7-10(3)11(13)14/h8-9H,3-7H2,1-2H3,(H,13,14). The van der Waals surface area contributed by atoms with Crippen LogP contribution < -0.4 is 0 Å². The number of carboxylic acid groups (broad SMARTS) is 1. The maximum Gasteiger partial charge on any atom is 0.332 e. The van der Waals surface area contributed by atoms with Crippen LogP contribution in [-0.4, -0.2) is 35.6 Å². The molecule has 0 radical (unpaired) electrons. The largest absolute Gasteiger partial charge is 0.478 e. The molecule has 2 atom stereocenters. The van der Waals surface area contributed by atoms with Crippen LogP contribution in [0, 0.1) is 11.8 Å². The lowest BCUT2D eigenvalue weighted by Gasteiger charge is -2.35. The lowest BCUT2D eigenvalue weighted by atomic mass is 9.88. The molecule has 1 fully saturated rings. The first-order chi connectivity index (χ1) is 6.50. The second-order valence-electron chi connectivity index (χ2n) is 4.39. The summed E-state index contributed by atoms with van der Waals surface area (Å²) < 4.78 is 0. The molecule has 0 saturated carbocycles. The van der Waals surface area contributed by atoms with Gasteiger partial charge in [0, 0.05) is 18.7 Å². The molecule has 0 bridgehead atoms. The van der Waals surface area contributed by atoms with E-state index in [2.05, 4.69) is 25.3 Å². The van der Waals surface area contributed by atoms with E-state index in [1.54, 1.807) is 0 Å². The normalized spacial score (nSPS) is 28.7. The molecule has 0 amide bonds. The van der Waals surface area contributed by atoms with Gasteiger partial charge in [0.15, 0.2) is 0 Å². The van der Waals surface area contributed by atoms with Gasteiger partial charge in [-0.3, -0.25) is 4.90 Å². The van der Waals surface area contributed by atoms with Crippen LogP contribution in [0.1, 0.15) is 20.3 Å². The van der Waals surface area contributed by atoms with E-state index in [0.717, 1.165) is 25.4 Å². The van der Waals surface area contributed by atoms with E-state index >= 15 is 0 Å². The quantitative estimate of drug-likeness (QED) is 0.699. The van der Waals surface area contributed by atoms with Crippen molar-refractivity contribution in [2.75, 3.05) is 19.6 Å².